The summed E-state index contributed by atoms with van der Waals surface area (Å²) in [4.78, 5) is 79.1. The molecule has 0 aromatic rings. The summed E-state index contributed by atoms with van der Waals surface area (Å²) in [5, 5.41) is 21.4. The zero-order valence-electron chi connectivity index (χ0n) is 40.5. The van der Waals surface area contributed by atoms with Gasteiger partial charge in [0.2, 0.25) is 0 Å². The molecule has 19 nitrogen and oxygen atoms in total. The van der Waals surface area contributed by atoms with Gasteiger partial charge in [0.05, 0.1) is 25.4 Å². The second-order valence-corrected chi connectivity index (χ2v) is 20.6. The first-order valence-corrected chi connectivity index (χ1v) is 23.2. The lowest BCUT2D eigenvalue weighted by molar-refractivity contribution is -0.145. The van der Waals surface area contributed by atoms with Gasteiger partial charge >= 0.3 is 24.4 Å². The van der Waals surface area contributed by atoms with Crippen LogP contribution in [0.2, 0.25) is 0 Å². The molecule has 0 bridgehead atoms. The molecule has 366 valence electrons. The van der Waals surface area contributed by atoms with E-state index in [-0.39, 0.29) is 49.8 Å². The molecule has 3 N–H and O–H groups in total. The minimum Gasteiger partial charge on any atom is -0.444 e. The van der Waals surface area contributed by atoms with Crippen LogP contribution >= 0.6 is 0 Å². The maximum Gasteiger partial charge on any atom is 0.410 e. The molecule has 4 aliphatic heterocycles. The number of nitrogens with one attached hydrogen (secondary N) is 1. The number of rotatable bonds is 5. The number of piperidine rings is 3. The van der Waals surface area contributed by atoms with Crippen LogP contribution in [0.4, 0.5) is 19.2 Å². The van der Waals surface area contributed by atoms with E-state index in [1.807, 2.05) is 41.5 Å². The minimum absolute atomic E-state index is 0.195. The van der Waals surface area contributed by atoms with E-state index in [0.29, 0.717) is 90.5 Å². The molecule has 19 heteroatoms. The Morgan fingerprint density at radius 1 is 0.677 bits per heavy atom. The van der Waals surface area contributed by atoms with E-state index in [1.165, 1.54) is 6.42 Å². The van der Waals surface area contributed by atoms with Crippen LogP contribution in [0.5, 0.6) is 0 Å². The highest BCUT2D eigenvalue weighted by Gasteiger charge is 2.41. The van der Waals surface area contributed by atoms with Gasteiger partial charge in [-0.05, 0) is 87.5 Å². The van der Waals surface area contributed by atoms with Gasteiger partial charge in [0, 0.05) is 78.0 Å². The van der Waals surface area contributed by atoms with Crippen molar-refractivity contribution in [2.24, 2.45) is 11.7 Å². The quantitative estimate of drug-likeness (QED) is 0.299. The van der Waals surface area contributed by atoms with Gasteiger partial charge in [0.15, 0.2) is 6.10 Å². The molecule has 5 rings (SSSR count). The first-order chi connectivity index (χ1) is 30.2. The second kappa shape index (κ2) is 24.1. The SMILES string of the molecule is CC(C)(C)OC(=O)N1CCC(=O)CC1.CC(C)(C)OC(=O)N1CCC(C#N)(NC(=O)O[C@@H](CC2CCCCC2)C(=O)N2CCOCC2)CC1.CC(C)(C)OC(=O)N1CCC(N)(C#N)CC1. The van der Waals surface area contributed by atoms with Crippen LogP contribution in [0.3, 0.4) is 0 Å². The Labute approximate surface area is 385 Å². The maximum atomic E-state index is 13.2. The molecule has 4 saturated heterocycles. The van der Waals surface area contributed by atoms with Crippen molar-refractivity contribution in [1.29, 1.82) is 10.5 Å². The first kappa shape index (κ1) is 54.5. The Balaban J connectivity index is 0.000000307. The molecule has 4 heterocycles. The van der Waals surface area contributed by atoms with Gasteiger partial charge in [-0.1, -0.05) is 32.1 Å². The predicted octanol–water partition coefficient (Wildman–Crippen LogP) is 6.03. The fourth-order valence-corrected chi connectivity index (χ4v) is 7.72. The molecule has 0 spiro atoms. The largest absolute Gasteiger partial charge is 0.444 e. The summed E-state index contributed by atoms with van der Waals surface area (Å²) < 4.78 is 26.9. The Kier molecular flexibility index (Phi) is 20.1. The normalized spacial score (nSPS) is 20.7. The number of nitrogens with two attached hydrogens (primary N) is 1. The summed E-state index contributed by atoms with van der Waals surface area (Å²) in [6, 6.07) is 4.29. The third-order valence-electron chi connectivity index (χ3n) is 11.4. The molecule has 5 amide bonds. The fraction of sp³-hybridized carbons (Fsp3) is 0.826. The van der Waals surface area contributed by atoms with E-state index in [9.17, 15) is 34.0 Å². The van der Waals surface area contributed by atoms with Gasteiger partial charge in [-0.15, -0.1) is 0 Å². The van der Waals surface area contributed by atoms with Gasteiger partial charge in [0.25, 0.3) is 5.91 Å². The number of amides is 5. The minimum atomic E-state index is -1.16. The monoisotopic (exact) mass is 917 g/mol. The first-order valence-electron chi connectivity index (χ1n) is 23.2. The Bertz CT molecular complexity index is 1690. The number of nitrogens with zero attached hydrogens (tertiary/aromatic N) is 6. The third-order valence-corrected chi connectivity index (χ3v) is 11.4. The topological polar surface area (TPSA) is 247 Å². The zero-order chi connectivity index (χ0) is 48.6. The highest BCUT2D eigenvalue weighted by molar-refractivity contribution is 5.84. The summed E-state index contributed by atoms with van der Waals surface area (Å²) in [7, 11) is 0. The summed E-state index contributed by atoms with van der Waals surface area (Å²) in [5.41, 5.74) is 2.32. The van der Waals surface area contributed by atoms with Crippen molar-refractivity contribution in [2.45, 2.75) is 173 Å². The van der Waals surface area contributed by atoms with Crippen molar-refractivity contribution >= 4 is 36.1 Å². The average molecular weight is 917 g/mol. The highest BCUT2D eigenvalue weighted by Crippen LogP contribution is 2.30. The van der Waals surface area contributed by atoms with E-state index in [0.717, 1.165) is 25.7 Å². The van der Waals surface area contributed by atoms with Crippen molar-refractivity contribution in [3.8, 4) is 12.1 Å². The molecule has 65 heavy (non-hydrogen) atoms. The average Bonchev–Trinajstić information content (AvgIpc) is 3.23. The highest BCUT2D eigenvalue weighted by atomic mass is 16.6. The number of alkyl carbamates (subject to hydrolysis) is 1. The van der Waals surface area contributed by atoms with E-state index >= 15 is 0 Å². The van der Waals surface area contributed by atoms with Crippen molar-refractivity contribution in [3.63, 3.8) is 0 Å². The maximum absolute atomic E-state index is 13.2. The number of ketones is 1. The number of hydrogen-bond acceptors (Lipinski definition) is 14. The van der Waals surface area contributed by atoms with Crippen molar-refractivity contribution in [1.82, 2.24) is 24.9 Å². The van der Waals surface area contributed by atoms with Crippen LogP contribution in [-0.2, 0) is 33.3 Å². The van der Waals surface area contributed by atoms with Gasteiger partial charge in [-0.25, -0.2) is 19.2 Å². The van der Waals surface area contributed by atoms with Crippen molar-refractivity contribution in [2.75, 3.05) is 65.6 Å². The van der Waals surface area contributed by atoms with Crippen molar-refractivity contribution in [3.05, 3.63) is 0 Å². The summed E-state index contributed by atoms with van der Waals surface area (Å²) in [6.07, 6.45) is 5.71. The van der Waals surface area contributed by atoms with E-state index in [2.05, 4.69) is 17.5 Å². The van der Waals surface area contributed by atoms with Crippen LogP contribution < -0.4 is 11.1 Å². The van der Waals surface area contributed by atoms with Crippen LogP contribution in [0.15, 0.2) is 0 Å². The van der Waals surface area contributed by atoms with E-state index in [1.54, 1.807) is 40.4 Å². The number of carbonyl (C=O) groups excluding carboxylic acids is 6. The van der Waals surface area contributed by atoms with Gasteiger partial charge in [-0.3, -0.25) is 9.59 Å². The molecule has 5 fully saturated rings. The van der Waals surface area contributed by atoms with Crippen LogP contribution in [0, 0.1) is 28.6 Å². The summed E-state index contributed by atoms with van der Waals surface area (Å²) in [6.45, 7) is 20.8. The molecule has 0 aromatic heterocycles. The van der Waals surface area contributed by atoms with Gasteiger partial charge in [-0.2, -0.15) is 10.5 Å². The standard InChI is InChI=1S/C25H40N4O6.C11H19N3O2.C10H17NO3/c1-24(2,3)35-23(32)29-11-9-25(18-26,10-12-29)27-22(31)34-20(17-19-7-5-4-6-8-19)21(30)28-13-15-33-16-14-28;1-10(2,3)16-9(15)14-6-4-11(13,8-12)5-7-14;1-10(2,3)14-9(13)11-6-4-8(12)5-7-11/h19-20H,4-17H2,1-3H3,(H,27,31);4-7,13H2,1-3H3;4-7H2,1-3H3/t20-;;/m0../s1. The number of Topliss-reactive ketones (excluding diaryl/α,β-unsaturated/α-hetero) is 1. The van der Waals surface area contributed by atoms with Crippen molar-refractivity contribution < 1.29 is 52.5 Å². The van der Waals surface area contributed by atoms with Crippen LogP contribution in [-0.4, -0.2) is 155 Å². The molecule has 1 saturated carbocycles. The lowest BCUT2D eigenvalue weighted by atomic mass is 9.85. The Hall–Kier alpha value is -4.88. The number of nitriles is 2. The Morgan fingerprint density at radius 2 is 1.11 bits per heavy atom. The lowest BCUT2D eigenvalue weighted by Crippen LogP contribution is -2.57. The zero-order valence-corrected chi connectivity index (χ0v) is 40.5. The van der Waals surface area contributed by atoms with E-state index in [4.69, 9.17) is 34.7 Å². The fourth-order valence-electron chi connectivity index (χ4n) is 7.72. The molecular weight excluding hydrogens is 841 g/mol. The Morgan fingerprint density at radius 3 is 1.52 bits per heavy atom. The summed E-state index contributed by atoms with van der Waals surface area (Å²) in [5.74, 6) is 0.373. The van der Waals surface area contributed by atoms with E-state index < -0.39 is 46.2 Å². The number of hydrogen-bond donors (Lipinski definition) is 2. The van der Waals surface area contributed by atoms with Crippen LogP contribution in [0.25, 0.3) is 0 Å². The molecule has 0 aromatic carbocycles. The molecule has 5 aliphatic rings. The van der Waals surface area contributed by atoms with Gasteiger partial charge < -0.3 is 54.3 Å². The number of carbonyl (C=O) groups is 6. The molecule has 1 aliphatic carbocycles. The number of likely N-dealkylation sites (tertiary alicyclic amines) is 3. The third kappa shape index (κ3) is 19.6. The van der Waals surface area contributed by atoms with Gasteiger partial charge in [0.1, 0.15) is 33.7 Å². The predicted molar refractivity (Wildman–Crippen MR) is 239 cm³/mol. The summed E-state index contributed by atoms with van der Waals surface area (Å²) >= 11 is 0. The molecule has 1 atom stereocenters. The van der Waals surface area contributed by atoms with Crippen LogP contribution in [0.1, 0.15) is 139 Å². The molecule has 0 unspecified atom stereocenters. The molecule has 0 radical (unpaired) electrons. The lowest BCUT2D eigenvalue weighted by Gasteiger charge is -2.38. The molecular formula is C46H76N8O11. The number of morpholine rings is 1. The second-order valence-electron chi connectivity index (χ2n) is 20.6. The number of ether oxygens (including phenoxy) is 5. The smallest absolute Gasteiger partial charge is 0.410 e.